The molecular formula is C23H25N5O3. The lowest BCUT2D eigenvalue weighted by molar-refractivity contribution is -0.110. The fraction of sp³-hybridized carbons (Fsp3) is 0.391. The molecule has 3 aromatic rings. The van der Waals surface area contributed by atoms with Gasteiger partial charge in [-0.3, -0.25) is 4.79 Å². The van der Waals surface area contributed by atoms with E-state index >= 15 is 0 Å². The Bertz CT molecular complexity index is 1070. The first-order valence-electron chi connectivity index (χ1n) is 10.7. The van der Waals surface area contributed by atoms with Crippen LogP contribution in [0.15, 0.2) is 54.9 Å². The van der Waals surface area contributed by atoms with Gasteiger partial charge in [-0.25, -0.2) is 4.68 Å². The van der Waals surface area contributed by atoms with E-state index in [1.54, 1.807) is 12.1 Å². The SMILES string of the molecule is O=C(c1cc(-n2cnnn2)ccc1O)N1CC[C@@](O)(c2ccccc2)[C@H]2CCCC[C@H]21. The van der Waals surface area contributed by atoms with Crippen molar-refractivity contribution in [3.05, 3.63) is 66.0 Å². The van der Waals surface area contributed by atoms with Crippen molar-refractivity contribution in [1.29, 1.82) is 0 Å². The van der Waals surface area contributed by atoms with Gasteiger partial charge in [0.2, 0.25) is 0 Å². The number of aliphatic hydroxyl groups is 1. The molecule has 2 fully saturated rings. The van der Waals surface area contributed by atoms with Gasteiger partial charge in [-0.1, -0.05) is 43.2 Å². The lowest BCUT2D eigenvalue weighted by Crippen LogP contribution is -2.59. The maximum absolute atomic E-state index is 13.6. The molecule has 1 aliphatic carbocycles. The molecule has 0 spiro atoms. The summed E-state index contributed by atoms with van der Waals surface area (Å²) in [7, 11) is 0. The number of carbonyl (C=O) groups excluding carboxylic acids is 1. The minimum atomic E-state index is -0.945. The summed E-state index contributed by atoms with van der Waals surface area (Å²) in [6.45, 7) is 0.430. The van der Waals surface area contributed by atoms with E-state index in [9.17, 15) is 15.0 Å². The summed E-state index contributed by atoms with van der Waals surface area (Å²) in [4.78, 5) is 15.4. The largest absolute Gasteiger partial charge is 0.507 e. The predicted octanol–water partition coefficient (Wildman–Crippen LogP) is 2.66. The number of fused-ring (bicyclic) bond motifs is 1. The van der Waals surface area contributed by atoms with Crippen molar-refractivity contribution >= 4 is 5.91 Å². The molecule has 2 aliphatic rings. The van der Waals surface area contributed by atoms with Crippen molar-refractivity contribution in [1.82, 2.24) is 25.1 Å². The standard InChI is InChI=1S/C23H25N5O3/c29-21-11-10-17(28-15-24-25-26-28)14-18(21)22(30)27-13-12-23(31,16-6-2-1-3-7-16)19-8-4-5-9-20(19)27/h1-3,6-7,10-11,14-15,19-20,29,31H,4-5,8-9,12-13H2/t19-,20+,23+/m0/s1. The lowest BCUT2D eigenvalue weighted by atomic mass is 9.66. The second kappa shape index (κ2) is 7.77. The van der Waals surface area contributed by atoms with Gasteiger partial charge in [0, 0.05) is 18.5 Å². The van der Waals surface area contributed by atoms with Gasteiger partial charge >= 0.3 is 0 Å². The monoisotopic (exact) mass is 419 g/mol. The lowest BCUT2D eigenvalue weighted by Gasteiger charge is -2.52. The number of amides is 1. The Morgan fingerprint density at radius 3 is 2.68 bits per heavy atom. The van der Waals surface area contributed by atoms with Crippen LogP contribution < -0.4 is 0 Å². The first-order valence-corrected chi connectivity index (χ1v) is 10.7. The normalized spacial score (nSPS) is 25.8. The number of carbonyl (C=O) groups is 1. The van der Waals surface area contributed by atoms with Crippen molar-refractivity contribution in [2.75, 3.05) is 6.54 Å². The molecule has 160 valence electrons. The summed E-state index contributed by atoms with van der Waals surface area (Å²) in [5, 5.41) is 33.3. The van der Waals surface area contributed by atoms with Gasteiger partial charge in [0.15, 0.2) is 0 Å². The highest BCUT2D eigenvalue weighted by Gasteiger charge is 2.50. The van der Waals surface area contributed by atoms with Crippen LogP contribution in [0.2, 0.25) is 0 Å². The van der Waals surface area contributed by atoms with Crippen molar-refractivity contribution in [2.24, 2.45) is 5.92 Å². The van der Waals surface area contributed by atoms with Crippen LogP contribution in [-0.2, 0) is 5.60 Å². The number of hydrogen-bond acceptors (Lipinski definition) is 6. The second-order valence-corrected chi connectivity index (χ2v) is 8.45. The van der Waals surface area contributed by atoms with Gasteiger partial charge in [0.05, 0.1) is 16.9 Å². The molecule has 2 aromatic carbocycles. The Morgan fingerprint density at radius 1 is 1.10 bits per heavy atom. The highest BCUT2D eigenvalue weighted by molar-refractivity contribution is 5.97. The van der Waals surface area contributed by atoms with E-state index < -0.39 is 5.60 Å². The number of benzene rings is 2. The Kier molecular flexibility index (Phi) is 4.94. The van der Waals surface area contributed by atoms with Gasteiger partial charge < -0.3 is 15.1 Å². The van der Waals surface area contributed by atoms with Gasteiger partial charge in [0.1, 0.15) is 12.1 Å². The van der Waals surface area contributed by atoms with Crippen LogP contribution in [0.3, 0.4) is 0 Å². The summed E-state index contributed by atoms with van der Waals surface area (Å²) >= 11 is 0. The van der Waals surface area contributed by atoms with Crippen LogP contribution >= 0.6 is 0 Å². The third-order valence-electron chi connectivity index (χ3n) is 6.84. The number of phenolic OH excluding ortho intramolecular Hbond substituents is 1. The van der Waals surface area contributed by atoms with Gasteiger partial charge in [0.25, 0.3) is 5.91 Å². The minimum Gasteiger partial charge on any atom is -0.507 e. The van der Waals surface area contributed by atoms with E-state index in [1.165, 1.54) is 17.1 Å². The molecule has 8 heteroatoms. The number of aromatic nitrogens is 4. The van der Waals surface area contributed by atoms with E-state index in [-0.39, 0.29) is 29.2 Å². The first kappa shape index (κ1) is 19.7. The van der Waals surface area contributed by atoms with Crippen molar-refractivity contribution in [3.63, 3.8) is 0 Å². The van der Waals surface area contributed by atoms with Crippen LogP contribution in [0, 0.1) is 5.92 Å². The molecule has 0 unspecified atom stereocenters. The fourth-order valence-electron chi connectivity index (χ4n) is 5.29. The van der Waals surface area contributed by atoms with Crippen molar-refractivity contribution in [3.8, 4) is 11.4 Å². The fourth-order valence-corrected chi connectivity index (χ4v) is 5.29. The van der Waals surface area contributed by atoms with E-state index in [1.807, 2.05) is 35.2 Å². The van der Waals surface area contributed by atoms with Crippen LogP contribution in [0.1, 0.15) is 48.0 Å². The zero-order chi connectivity index (χ0) is 21.4. The zero-order valence-electron chi connectivity index (χ0n) is 17.1. The van der Waals surface area contributed by atoms with Crippen molar-refractivity contribution in [2.45, 2.75) is 43.7 Å². The Labute approximate surface area is 180 Å². The summed E-state index contributed by atoms with van der Waals surface area (Å²) in [6, 6.07) is 14.5. The number of likely N-dealkylation sites (tertiary alicyclic amines) is 1. The topological polar surface area (TPSA) is 104 Å². The number of rotatable bonds is 3. The molecule has 2 heterocycles. The average Bonchev–Trinajstić information content (AvgIpc) is 3.35. The van der Waals surface area contributed by atoms with E-state index in [2.05, 4.69) is 15.5 Å². The molecule has 31 heavy (non-hydrogen) atoms. The second-order valence-electron chi connectivity index (χ2n) is 8.45. The molecule has 1 saturated carbocycles. The van der Waals surface area contributed by atoms with Gasteiger partial charge in [-0.05, 0) is 53.5 Å². The quantitative estimate of drug-likeness (QED) is 0.676. The third kappa shape index (κ3) is 3.37. The number of hydrogen-bond donors (Lipinski definition) is 2. The average molecular weight is 419 g/mol. The molecule has 5 rings (SSSR count). The van der Waals surface area contributed by atoms with Crippen molar-refractivity contribution < 1.29 is 15.0 Å². The Balaban J connectivity index is 1.48. The van der Waals surface area contributed by atoms with E-state index in [0.29, 0.717) is 18.7 Å². The molecule has 0 radical (unpaired) electrons. The summed E-state index contributed by atoms with van der Waals surface area (Å²) in [6.07, 6.45) is 5.69. The molecule has 1 aromatic heterocycles. The molecule has 0 bridgehead atoms. The highest BCUT2D eigenvalue weighted by Crippen LogP contribution is 2.47. The summed E-state index contributed by atoms with van der Waals surface area (Å²) in [5.74, 6) is -0.330. The predicted molar refractivity (Wildman–Crippen MR) is 113 cm³/mol. The third-order valence-corrected chi connectivity index (χ3v) is 6.84. The highest BCUT2D eigenvalue weighted by atomic mass is 16.3. The number of phenols is 1. The number of nitrogens with zero attached hydrogens (tertiary/aromatic N) is 5. The Morgan fingerprint density at radius 2 is 1.90 bits per heavy atom. The maximum Gasteiger partial charge on any atom is 0.257 e. The van der Waals surface area contributed by atoms with Crippen LogP contribution in [-0.4, -0.2) is 53.8 Å². The van der Waals surface area contributed by atoms with E-state index in [4.69, 9.17) is 0 Å². The van der Waals surface area contributed by atoms with Gasteiger partial charge in [-0.2, -0.15) is 0 Å². The number of tetrazole rings is 1. The van der Waals surface area contributed by atoms with Crippen LogP contribution in [0.5, 0.6) is 5.75 Å². The molecule has 8 nitrogen and oxygen atoms in total. The van der Waals surface area contributed by atoms with Gasteiger partial charge in [-0.15, -0.1) is 5.10 Å². The zero-order valence-corrected chi connectivity index (χ0v) is 17.1. The smallest absolute Gasteiger partial charge is 0.257 e. The molecule has 1 amide bonds. The molecule has 3 atom stereocenters. The summed E-state index contributed by atoms with van der Waals surface area (Å²) < 4.78 is 1.45. The number of aromatic hydroxyl groups is 1. The molecule has 1 saturated heterocycles. The number of piperidine rings is 1. The first-order chi connectivity index (χ1) is 15.1. The van der Waals surface area contributed by atoms with Crippen LogP contribution in [0.4, 0.5) is 0 Å². The Hall–Kier alpha value is -3.26. The molecular weight excluding hydrogens is 394 g/mol. The minimum absolute atomic E-state index is 0.0359. The molecule has 2 N–H and O–H groups in total. The summed E-state index contributed by atoms with van der Waals surface area (Å²) in [5.41, 5.74) is 0.800. The molecule has 1 aliphatic heterocycles. The van der Waals surface area contributed by atoms with E-state index in [0.717, 1.165) is 31.2 Å². The van der Waals surface area contributed by atoms with Crippen LogP contribution in [0.25, 0.3) is 5.69 Å². The maximum atomic E-state index is 13.6.